The van der Waals surface area contributed by atoms with Crippen molar-refractivity contribution in [2.45, 2.75) is 26.4 Å². The van der Waals surface area contributed by atoms with Crippen molar-refractivity contribution in [3.05, 3.63) is 30.6 Å². The number of nitrogens with two attached hydrogens (primary N) is 1. The Bertz CT molecular complexity index is 737. The molecule has 5 nitrogen and oxygen atoms in total. The SMILES string of the molecule is CC(C)OCCC[NH2+]c1ncnc2c1oc1ccccc12. The molecule has 3 aromatic rings. The Morgan fingerprint density at radius 3 is 2.95 bits per heavy atom. The van der Waals surface area contributed by atoms with Gasteiger partial charge < -0.3 is 9.15 Å². The average molecular weight is 286 g/mol. The summed E-state index contributed by atoms with van der Waals surface area (Å²) in [5, 5.41) is 3.13. The molecule has 21 heavy (non-hydrogen) atoms. The molecule has 0 bridgehead atoms. The summed E-state index contributed by atoms with van der Waals surface area (Å²) in [6.45, 7) is 5.77. The second kappa shape index (κ2) is 6.20. The highest BCUT2D eigenvalue weighted by molar-refractivity contribution is 6.04. The van der Waals surface area contributed by atoms with Crippen LogP contribution in [-0.2, 0) is 4.74 Å². The van der Waals surface area contributed by atoms with Crippen molar-refractivity contribution in [3.8, 4) is 0 Å². The third-order valence-corrected chi connectivity index (χ3v) is 3.32. The first-order chi connectivity index (χ1) is 10.3. The lowest BCUT2D eigenvalue weighted by molar-refractivity contribution is -0.574. The van der Waals surface area contributed by atoms with E-state index in [1.165, 1.54) is 0 Å². The van der Waals surface area contributed by atoms with Gasteiger partial charge in [0.2, 0.25) is 5.58 Å². The molecule has 2 aromatic heterocycles. The van der Waals surface area contributed by atoms with Crippen molar-refractivity contribution in [3.63, 3.8) is 0 Å². The zero-order valence-corrected chi connectivity index (χ0v) is 12.4. The summed E-state index contributed by atoms with van der Waals surface area (Å²) in [5.74, 6) is 0.862. The summed E-state index contributed by atoms with van der Waals surface area (Å²) in [6.07, 6.45) is 2.86. The van der Waals surface area contributed by atoms with Crippen LogP contribution < -0.4 is 5.32 Å². The molecule has 0 aliphatic heterocycles. The Morgan fingerprint density at radius 2 is 2.10 bits per heavy atom. The second-order valence-corrected chi connectivity index (χ2v) is 5.30. The molecular formula is C16H20N3O2+. The highest BCUT2D eigenvalue weighted by Crippen LogP contribution is 2.28. The number of quaternary nitrogens is 1. The fourth-order valence-electron chi connectivity index (χ4n) is 2.33. The van der Waals surface area contributed by atoms with Gasteiger partial charge in [-0.05, 0) is 26.0 Å². The van der Waals surface area contributed by atoms with Crippen LogP contribution in [0, 0.1) is 0 Å². The maximum absolute atomic E-state index is 5.89. The molecule has 0 saturated carbocycles. The minimum Gasteiger partial charge on any atom is -0.446 e. The van der Waals surface area contributed by atoms with Gasteiger partial charge in [-0.15, -0.1) is 0 Å². The van der Waals surface area contributed by atoms with E-state index in [4.69, 9.17) is 9.15 Å². The molecule has 0 aliphatic rings. The first-order valence-corrected chi connectivity index (χ1v) is 7.33. The number of benzene rings is 1. The van der Waals surface area contributed by atoms with Gasteiger partial charge in [0, 0.05) is 11.8 Å². The molecule has 1 aromatic carbocycles. The Balaban J connectivity index is 1.76. The Labute approximate surface area is 123 Å². The van der Waals surface area contributed by atoms with Crippen molar-refractivity contribution in [1.29, 1.82) is 0 Å². The van der Waals surface area contributed by atoms with Crippen molar-refractivity contribution >= 4 is 27.9 Å². The molecule has 0 radical (unpaired) electrons. The van der Waals surface area contributed by atoms with Gasteiger partial charge in [0.05, 0.1) is 19.3 Å². The van der Waals surface area contributed by atoms with Gasteiger partial charge in [-0.2, -0.15) is 4.98 Å². The normalized spacial score (nSPS) is 11.8. The molecule has 110 valence electrons. The average Bonchev–Trinajstić information content (AvgIpc) is 2.86. The van der Waals surface area contributed by atoms with E-state index in [-0.39, 0.29) is 6.10 Å². The Morgan fingerprint density at radius 1 is 1.24 bits per heavy atom. The van der Waals surface area contributed by atoms with Crippen LogP contribution in [0.5, 0.6) is 0 Å². The number of hydrogen-bond donors (Lipinski definition) is 1. The van der Waals surface area contributed by atoms with E-state index in [1.807, 2.05) is 38.1 Å². The highest BCUT2D eigenvalue weighted by atomic mass is 16.5. The van der Waals surface area contributed by atoms with E-state index in [9.17, 15) is 0 Å². The molecule has 2 N–H and O–H groups in total. The topological polar surface area (TPSA) is 64.8 Å². The fourth-order valence-corrected chi connectivity index (χ4v) is 2.33. The largest absolute Gasteiger partial charge is 0.446 e. The van der Waals surface area contributed by atoms with E-state index < -0.39 is 0 Å². The van der Waals surface area contributed by atoms with Crippen LogP contribution in [0.4, 0.5) is 5.82 Å². The Kier molecular flexibility index (Phi) is 4.13. The maximum atomic E-state index is 5.89. The van der Waals surface area contributed by atoms with Gasteiger partial charge in [0.1, 0.15) is 17.4 Å². The number of nitrogens with zero attached hydrogens (tertiary/aromatic N) is 2. The summed E-state index contributed by atoms with van der Waals surface area (Å²) in [4.78, 5) is 8.68. The third-order valence-electron chi connectivity index (χ3n) is 3.32. The van der Waals surface area contributed by atoms with Gasteiger partial charge in [-0.25, -0.2) is 4.98 Å². The van der Waals surface area contributed by atoms with E-state index in [2.05, 4.69) is 15.3 Å². The molecule has 0 spiro atoms. The number of furan rings is 1. The summed E-state index contributed by atoms with van der Waals surface area (Å²) < 4.78 is 11.4. The highest BCUT2D eigenvalue weighted by Gasteiger charge is 2.15. The van der Waals surface area contributed by atoms with Gasteiger partial charge in [0.25, 0.3) is 5.82 Å². The molecule has 0 unspecified atom stereocenters. The number of fused-ring (bicyclic) bond motifs is 3. The predicted octanol–water partition coefficient (Wildman–Crippen LogP) is 2.39. The third kappa shape index (κ3) is 3.04. The van der Waals surface area contributed by atoms with Gasteiger partial charge in [-0.1, -0.05) is 12.1 Å². The van der Waals surface area contributed by atoms with Crippen LogP contribution in [0.2, 0.25) is 0 Å². The van der Waals surface area contributed by atoms with Crippen molar-refractivity contribution in [1.82, 2.24) is 9.97 Å². The van der Waals surface area contributed by atoms with Crippen LogP contribution in [0.3, 0.4) is 0 Å². The van der Waals surface area contributed by atoms with Crippen molar-refractivity contribution in [2.75, 3.05) is 13.2 Å². The molecular weight excluding hydrogens is 266 g/mol. The molecule has 0 fully saturated rings. The fraction of sp³-hybridized carbons (Fsp3) is 0.375. The van der Waals surface area contributed by atoms with Crippen LogP contribution >= 0.6 is 0 Å². The van der Waals surface area contributed by atoms with Crippen LogP contribution in [0.1, 0.15) is 20.3 Å². The quantitative estimate of drug-likeness (QED) is 0.707. The van der Waals surface area contributed by atoms with E-state index in [0.717, 1.165) is 47.5 Å². The van der Waals surface area contributed by atoms with E-state index in [1.54, 1.807) is 6.33 Å². The van der Waals surface area contributed by atoms with E-state index in [0.29, 0.717) is 0 Å². The lowest BCUT2D eigenvalue weighted by atomic mass is 10.2. The van der Waals surface area contributed by atoms with Crippen LogP contribution in [-0.4, -0.2) is 29.2 Å². The van der Waals surface area contributed by atoms with Crippen LogP contribution in [0.25, 0.3) is 22.1 Å². The summed E-state index contributed by atoms with van der Waals surface area (Å²) in [5.41, 5.74) is 2.50. The lowest BCUT2D eigenvalue weighted by Crippen LogP contribution is -2.78. The molecule has 5 heteroatoms. The number of ether oxygens (including phenoxy) is 1. The molecule has 0 amide bonds. The molecule has 0 atom stereocenters. The van der Waals surface area contributed by atoms with Crippen LogP contribution in [0.15, 0.2) is 35.0 Å². The molecule has 2 heterocycles. The predicted molar refractivity (Wildman–Crippen MR) is 81.5 cm³/mol. The zero-order valence-electron chi connectivity index (χ0n) is 12.4. The van der Waals surface area contributed by atoms with E-state index >= 15 is 0 Å². The summed E-state index contributed by atoms with van der Waals surface area (Å²) >= 11 is 0. The summed E-state index contributed by atoms with van der Waals surface area (Å²) in [6, 6.07) is 7.93. The smallest absolute Gasteiger partial charge is 0.271 e. The molecule has 0 aliphatic carbocycles. The Hall–Kier alpha value is -1.98. The van der Waals surface area contributed by atoms with Gasteiger partial charge in [0.15, 0.2) is 0 Å². The number of aromatic nitrogens is 2. The second-order valence-electron chi connectivity index (χ2n) is 5.30. The lowest BCUT2D eigenvalue weighted by Gasteiger charge is -2.06. The van der Waals surface area contributed by atoms with Gasteiger partial charge >= 0.3 is 0 Å². The monoisotopic (exact) mass is 286 g/mol. The van der Waals surface area contributed by atoms with Gasteiger partial charge in [-0.3, -0.25) is 5.32 Å². The molecule has 0 saturated heterocycles. The minimum atomic E-state index is 0.283. The number of rotatable bonds is 6. The number of hydrogen-bond acceptors (Lipinski definition) is 4. The first-order valence-electron chi connectivity index (χ1n) is 7.33. The minimum absolute atomic E-state index is 0.283. The van der Waals surface area contributed by atoms with Crippen molar-refractivity contribution in [2.24, 2.45) is 0 Å². The summed E-state index contributed by atoms with van der Waals surface area (Å²) in [7, 11) is 0. The maximum Gasteiger partial charge on any atom is 0.271 e. The molecule has 3 rings (SSSR count). The van der Waals surface area contributed by atoms with Crippen molar-refractivity contribution < 1.29 is 14.5 Å². The number of para-hydroxylation sites is 1. The zero-order chi connectivity index (χ0) is 14.7. The first kappa shape index (κ1) is 14.0. The standard InChI is InChI=1S/C16H19N3O2/c1-11(2)20-9-5-8-17-16-15-14(18-10-19-16)12-6-3-4-7-13(12)21-15/h3-4,6-7,10-11H,5,8-9H2,1-2H3,(H,17,18,19)/p+1.